The summed E-state index contributed by atoms with van der Waals surface area (Å²) >= 11 is 5.23. The van der Waals surface area contributed by atoms with E-state index >= 15 is 0 Å². The second kappa shape index (κ2) is 3.30. The fourth-order valence-corrected chi connectivity index (χ4v) is 3.47. The van der Waals surface area contributed by atoms with Crippen molar-refractivity contribution in [1.82, 2.24) is 0 Å². The van der Waals surface area contributed by atoms with Crippen LogP contribution in [0, 0.1) is 0 Å². The molecule has 1 saturated heterocycles. The molecule has 1 aliphatic rings. The van der Waals surface area contributed by atoms with Gasteiger partial charge in [0.05, 0.1) is 18.6 Å². The Morgan fingerprint density at radius 1 is 1.57 bits per heavy atom. The normalized spacial score (nSPS) is 20.6. The molecule has 0 atom stereocenters. The van der Waals surface area contributed by atoms with Crippen molar-refractivity contribution in [2.45, 2.75) is 24.8 Å². The molecule has 2 N–H and O–H groups in total. The molecule has 4 heteroatoms. The summed E-state index contributed by atoms with van der Waals surface area (Å²) in [5, 5.41) is 2.10. The Morgan fingerprint density at radius 3 is 2.50 bits per heavy atom. The topological polar surface area (TPSA) is 35.2 Å². The van der Waals surface area contributed by atoms with Gasteiger partial charge in [0.25, 0.3) is 0 Å². The van der Waals surface area contributed by atoms with Crippen LogP contribution >= 0.6 is 27.3 Å². The average Bonchev–Trinajstić information content (AvgIpc) is 2.29. The third-order valence-electron chi connectivity index (χ3n) is 2.97. The predicted molar refractivity (Wildman–Crippen MR) is 62.8 cm³/mol. The number of nitrogens with two attached hydrogens (primary N) is 1. The molecule has 14 heavy (non-hydrogen) atoms. The van der Waals surface area contributed by atoms with Gasteiger partial charge in [0.15, 0.2) is 0 Å². The molecule has 1 aliphatic heterocycles. The van der Waals surface area contributed by atoms with Crippen LogP contribution in [0.4, 0.5) is 0 Å². The Bertz CT molecular complexity index is 338. The summed E-state index contributed by atoms with van der Waals surface area (Å²) in [5.41, 5.74) is 6.02. The summed E-state index contributed by atoms with van der Waals surface area (Å²) < 4.78 is 6.47. The number of ether oxygens (including phenoxy) is 1. The van der Waals surface area contributed by atoms with Gasteiger partial charge in [-0.05, 0) is 35.8 Å². The molecule has 0 radical (unpaired) electrons. The third kappa shape index (κ3) is 1.45. The summed E-state index contributed by atoms with van der Waals surface area (Å²) in [6.07, 6.45) is 0. The molecule has 0 unspecified atom stereocenters. The molecule has 0 saturated carbocycles. The Hall–Kier alpha value is 0.1000. The van der Waals surface area contributed by atoms with Crippen molar-refractivity contribution in [2.75, 3.05) is 13.2 Å². The van der Waals surface area contributed by atoms with E-state index in [0.717, 1.165) is 17.7 Å². The van der Waals surface area contributed by atoms with Crippen LogP contribution in [0.1, 0.15) is 18.7 Å². The summed E-state index contributed by atoms with van der Waals surface area (Å²) in [7, 11) is 0. The first kappa shape index (κ1) is 10.6. The van der Waals surface area contributed by atoms with Crippen LogP contribution in [-0.4, -0.2) is 18.8 Å². The number of hydrogen-bond donors (Lipinski definition) is 1. The maximum absolute atomic E-state index is 6.23. The van der Waals surface area contributed by atoms with E-state index in [4.69, 9.17) is 10.5 Å². The quantitative estimate of drug-likeness (QED) is 0.900. The Labute approximate surface area is 96.6 Å². The first-order valence-corrected chi connectivity index (χ1v) is 6.24. The molecular formula is C10H14BrNOS. The standard InChI is InChI=1S/C10H14BrNOS/c1-9(2,12)10(5-13-6-10)8-3-7(11)4-14-8/h3-4H,5-6,12H2,1-2H3. The lowest BCUT2D eigenvalue weighted by molar-refractivity contribution is -0.0899. The lowest BCUT2D eigenvalue weighted by atomic mass is 9.69. The molecule has 2 heterocycles. The molecule has 1 aromatic heterocycles. The summed E-state index contributed by atoms with van der Waals surface area (Å²) in [5.74, 6) is 0. The van der Waals surface area contributed by atoms with E-state index in [1.165, 1.54) is 4.88 Å². The van der Waals surface area contributed by atoms with E-state index in [9.17, 15) is 0 Å². The fourth-order valence-electron chi connectivity index (χ4n) is 1.70. The molecule has 0 amide bonds. The summed E-state index contributed by atoms with van der Waals surface area (Å²) in [4.78, 5) is 1.32. The fraction of sp³-hybridized carbons (Fsp3) is 0.600. The molecule has 0 aromatic carbocycles. The minimum Gasteiger partial charge on any atom is -0.379 e. The SMILES string of the molecule is CC(C)(N)C1(c2cc(Br)cs2)COC1. The van der Waals surface area contributed by atoms with Gasteiger partial charge in [-0.15, -0.1) is 11.3 Å². The highest BCUT2D eigenvalue weighted by Crippen LogP contribution is 2.43. The van der Waals surface area contributed by atoms with Crippen LogP contribution in [-0.2, 0) is 10.2 Å². The van der Waals surface area contributed by atoms with Gasteiger partial charge < -0.3 is 10.5 Å². The van der Waals surface area contributed by atoms with Gasteiger partial charge in [0, 0.05) is 20.3 Å². The van der Waals surface area contributed by atoms with Gasteiger partial charge in [0.1, 0.15) is 0 Å². The van der Waals surface area contributed by atoms with Crippen LogP contribution in [0.3, 0.4) is 0 Å². The van der Waals surface area contributed by atoms with E-state index in [1.807, 2.05) is 0 Å². The number of halogens is 1. The zero-order valence-electron chi connectivity index (χ0n) is 8.34. The van der Waals surface area contributed by atoms with Crippen molar-refractivity contribution in [1.29, 1.82) is 0 Å². The van der Waals surface area contributed by atoms with Crippen LogP contribution < -0.4 is 5.73 Å². The molecule has 1 fully saturated rings. The summed E-state index contributed by atoms with van der Waals surface area (Å²) in [6.45, 7) is 5.62. The van der Waals surface area contributed by atoms with Crippen molar-refractivity contribution in [3.63, 3.8) is 0 Å². The third-order valence-corrected chi connectivity index (χ3v) is 4.86. The molecule has 2 nitrogen and oxygen atoms in total. The highest BCUT2D eigenvalue weighted by Gasteiger charge is 2.51. The second-order valence-electron chi connectivity index (χ2n) is 4.43. The highest BCUT2D eigenvalue weighted by molar-refractivity contribution is 9.10. The second-order valence-corrected chi connectivity index (χ2v) is 6.25. The first-order valence-electron chi connectivity index (χ1n) is 4.57. The Morgan fingerprint density at radius 2 is 2.21 bits per heavy atom. The number of rotatable bonds is 2. The minimum atomic E-state index is -0.227. The van der Waals surface area contributed by atoms with Gasteiger partial charge in [-0.3, -0.25) is 0 Å². The highest BCUT2D eigenvalue weighted by atomic mass is 79.9. The van der Waals surface area contributed by atoms with E-state index in [1.54, 1.807) is 11.3 Å². The van der Waals surface area contributed by atoms with Crippen molar-refractivity contribution in [2.24, 2.45) is 5.73 Å². The van der Waals surface area contributed by atoms with Gasteiger partial charge in [-0.2, -0.15) is 0 Å². The molecule has 1 aromatic rings. The van der Waals surface area contributed by atoms with E-state index in [2.05, 4.69) is 41.2 Å². The van der Waals surface area contributed by atoms with E-state index in [0.29, 0.717) is 0 Å². The van der Waals surface area contributed by atoms with Gasteiger partial charge >= 0.3 is 0 Å². The van der Waals surface area contributed by atoms with Gasteiger partial charge in [-0.1, -0.05) is 0 Å². The van der Waals surface area contributed by atoms with Crippen LogP contribution in [0.2, 0.25) is 0 Å². The van der Waals surface area contributed by atoms with Crippen molar-refractivity contribution in [3.8, 4) is 0 Å². The maximum atomic E-state index is 6.23. The smallest absolute Gasteiger partial charge is 0.0688 e. The average molecular weight is 276 g/mol. The molecule has 78 valence electrons. The van der Waals surface area contributed by atoms with E-state index < -0.39 is 0 Å². The van der Waals surface area contributed by atoms with Gasteiger partial charge in [-0.25, -0.2) is 0 Å². The van der Waals surface area contributed by atoms with Crippen molar-refractivity contribution < 1.29 is 4.74 Å². The molecule has 0 bridgehead atoms. The monoisotopic (exact) mass is 275 g/mol. The first-order chi connectivity index (χ1) is 6.46. The molecular weight excluding hydrogens is 262 g/mol. The molecule has 0 spiro atoms. The largest absolute Gasteiger partial charge is 0.379 e. The maximum Gasteiger partial charge on any atom is 0.0688 e. The van der Waals surface area contributed by atoms with Crippen molar-refractivity contribution >= 4 is 27.3 Å². The Balaban J connectivity index is 2.38. The zero-order valence-corrected chi connectivity index (χ0v) is 10.7. The number of hydrogen-bond acceptors (Lipinski definition) is 3. The van der Waals surface area contributed by atoms with Gasteiger partial charge in [0.2, 0.25) is 0 Å². The predicted octanol–water partition coefficient (Wildman–Crippen LogP) is 2.52. The van der Waals surface area contributed by atoms with Crippen LogP contribution in [0.15, 0.2) is 15.9 Å². The van der Waals surface area contributed by atoms with Crippen LogP contribution in [0.5, 0.6) is 0 Å². The zero-order chi connectivity index (χ0) is 10.4. The summed E-state index contributed by atoms with van der Waals surface area (Å²) in [6, 6.07) is 2.15. The molecule has 2 rings (SSSR count). The lowest BCUT2D eigenvalue weighted by Gasteiger charge is -2.50. The molecule has 0 aliphatic carbocycles. The van der Waals surface area contributed by atoms with Crippen molar-refractivity contribution in [3.05, 3.63) is 20.8 Å². The Kier molecular flexibility index (Phi) is 2.50. The minimum absolute atomic E-state index is 0.0175. The number of thiophene rings is 1. The van der Waals surface area contributed by atoms with E-state index in [-0.39, 0.29) is 11.0 Å². The van der Waals surface area contributed by atoms with Crippen LogP contribution in [0.25, 0.3) is 0 Å². The lowest BCUT2D eigenvalue weighted by Crippen LogP contribution is -2.64.